The van der Waals surface area contributed by atoms with Gasteiger partial charge >= 0.3 is 0 Å². The Morgan fingerprint density at radius 3 is 2.26 bits per heavy atom. The van der Waals surface area contributed by atoms with Gasteiger partial charge in [-0.3, -0.25) is 9.59 Å². The van der Waals surface area contributed by atoms with E-state index in [0.29, 0.717) is 18.1 Å². The molecule has 2 amide bonds. The van der Waals surface area contributed by atoms with Gasteiger partial charge in [-0.1, -0.05) is 42.5 Å². The Balaban J connectivity index is 1.31. The van der Waals surface area contributed by atoms with Crippen LogP contribution < -0.4 is 9.47 Å². The highest BCUT2D eigenvalue weighted by molar-refractivity contribution is 6.06. The van der Waals surface area contributed by atoms with Gasteiger partial charge in [0.2, 0.25) is 0 Å². The minimum atomic E-state index is -0.253. The molecule has 31 heavy (non-hydrogen) atoms. The zero-order valence-corrected chi connectivity index (χ0v) is 17.3. The standard InChI is InChI=1S/C25H24N2O4/c1-30-21-13-17(7-12-20(21)31-15-16-5-3-2-4-6-16)14-26-27-24(28)22-18-8-9-19(11-10-18)23(22)25(27)29/h2-9,12-14,18-19,22-23H,10-11,15H2,1H3/b26-14-/t18-,19-,22-,23-/m1/s1. The molecule has 0 spiro atoms. The minimum Gasteiger partial charge on any atom is -0.493 e. The molecule has 0 radical (unpaired) electrons. The molecule has 0 aromatic heterocycles. The topological polar surface area (TPSA) is 68.2 Å². The molecule has 6 heteroatoms. The first-order valence-electron chi connectivity index (χ1n) is 10.6. The molecule has 2 aromatic carbocycles. The average molecular weight is 416 g/mol. The summed E-state index contributed by atoms with van der Waals surface area (Å²) in [6, 6.07) is 15.3. The highest BCUT2D eigenvalue weighted by Gasteiger charge is 2.56. The van der Waals surface area contributed by atoms with Crippen LogP contribution in [-0.2, 0) is 16.2 Å². The summed E-state index contributed by atoms with van der Waals surface area (Å²) in [4.78, 5) is 25.7. The molecule has 0 unspecified atom stereocenters. The van der Waals surface area contributed by atoms with Crippen LogP contribution in [0.15, 0.2) is 65.8 Å². The van der Waals surface area contributed by atoms with E-state index >= 15 is 0 Å². The minimum absolute atomic E-state index is 0.160. The number of methoxy groups -OCH3 is 1. The third-order valence-corrected chi connectivity index (χ3v) is 6.48. The molecule has 1 aliphatic heterocycles. The average Bonchev–Trinajstić information content (AvgIpc) is 3.09. The van der Waals surface area contributed by atoms with Gasteiger partial charge in [0, 0.05) is 0 Å². The summed E-state index contributed by atoms with van der Waals surface area (Å²) in [6.45, 7) is 0.431. The zero-order chi connectivity index (χ0) is 21.4. The van der Waals surface area contributed by atoms with E-state index in [2.05, 4.69) is 17.3 Å². The lowest BCUT2D eigenvalue weighted by molar-refractivity contribution is -0.140. The largest absolute Gasteiger partial charge is 0.493 e. The number of hydrogen-bond acceptors (Lipinski definition) is 5. The van der Waals surface area contributed by atoms with E-state index < -0.39 is 0 Å². The third kappa shape index (κ3) is 3.52. The number of nitrogens with zero attached hydrogens (tertiary/aromatic N) is 2. The van der Waals surface area contributed by atoms with Crippen LogP contribution >= 0.6 is 0 Å². The van der Waals surface area contributed by atoms with Gasteiger partial charge < -0.3 is 9.47 Å². The van der Waals surface area contributed by atoms with Crippen LogP contribution in [0.1, 0.15) is 24.0 Å². The van der Waals surface area contributed by atoms with E-state index in [1.807, 2.05) is 36.4 Å². The fourth-order valence-corrected chi connectivity index (χ4v) is 4.92. The van der Waals surface area contributed by atoms with Crippen LogP contribution in [0.25, 0.3) is 0 Å². The van der Waals surface area contributed by atoms with Gasteiger partial charge in [-0.05, 0) is 54.0 Å². The van der Waals surface area contributed by atoms with Crippen molar-refractivity contribution in [3.63, 3.8) is 0 Å². The predicted octanol–water partition coefficient (Wildman–Crippen LogP) is 3.81. The summed E-state index contributed by atoms with van der Waals surface area (Å²) in [5.74, 6) is 0.634. The van der Waals surface area contributed by atoms with E-state index in [1.54, 1.807) is 19.2 Å². The monoisotopic (exact) mass is 416 g/mol. The molecular weight excluding hydrogens is 392 g/mol. The molecule has 1 saturated carbocycles. The molecule has 3 aliphatic carbocycles. The summed E-state index contributed by atoms with van der Waals surface area (Å²) in [5, 5.41) is 5.33. The molecule has 2 fully saturated rings. The summed E-state index contributed by atoms with van der Waals surface area (Å²) < 4.78 is 11.3. The fraction of sp³-hybridized carbons (Fsp3) is 0.320. The number of fused-ring (bicyclic) bond motifs is 1. The molecule has 6 nitrogen and oxygen atoms in total. The van der Waals surface area contributed by atoms with Crippen LogP contribution in [0.3, 0.4) is 0 Å². The van der Waals surface area contributed by atoms with Crippen LogP contribution in [0.2, 0.25) is 0 Å². The van der Waals surface area contributed by atoms with Crippen molar-refractivity contribution in [2.75, 3.05) is 7.11 Å². The summed E-state index contributed by atoms with van der Waals surface area (Å²) in [5.41, 5.74) is 1.78. The molecule has 1 heterocycles. The molecule has 2 aromatic rings. The number of carbonyl (C=O) groups is 2. The number of imide groups is 1. The van der Waals surface area contributed by atoms with Crippen LogP contribution in [0.4, 0.5) is 0 Å². The molecule has 4 atom stereocenters. The fourth-order valence-electron chi connectivity index (χ4n) is 4.92. The quantitative estimate of drug-likeness (QED) is 0.408. The van der Waals surface area contributed by atoms with Crippen molar-refractivity contribution in [2.45, 2.75) is 19.4 Å². The first kappa shape index (κ1) is 19.5. The van der Waals surface area contributed by atoms with Crippen molar-refractivity contribution < 1.29 is 19.1 Å². The van der Waals surface area contributed by atoms with Gasteiger partial charge in [0.1, 0.15) is 6.61 Å². The maximum atomic E-state index is 12.9. The highest BCUT2D eigenvalue weighted by atomic mass is 16.5. The summed E-state index contributed by atoms with van der Waals surface area (Å²) in [6.07, 6.45) is 7.69. The molecule has 0 N–H and O–H groups in total. The van der Waals surface area contributed by atoms with Gasteiger partial charge in [-0.25, -0.2) is 0 Å². The molecule has 6 rings (SSSR count). The second-order valence-electron chi connectivity index (χ2n) is 8.26. The van der Waals surface area contributed by atoms with E-state index in [-0.39, 0.29) is 35.5 Å². The summed E-state index contributed by atoms with van der Waals surface area (Å²) in [7, 11) is 1.58. The number of allylic oxidation sites excluding steroid dienone is 2. The van der Waals surface area contributed by atoms with E-state index in [0.717, 1.165) is 29.0 Å². The highest BCUT2D eigenvalue weighted by Crippen LogP contribution is 2.49. The number of rotatable bonds is 6. The second kappa shape index (κ2) is 8.02. The van der Waals surface area contributed by atoms with Crippen molar-refractivity contribution in [2.24, 2.45) is 28.8 Å². The number of amides is 2. The number of carbonyl (C=O) groups excluding carboxylic acids is 2. The predicted molar refractivity (Wildman–Crippen MR) is 116 cm³/mol. The van der Waals surface area contributed by atoms with E-state index in [1.165, 1.54) is 6.21 Å². The lowest BCUT2D eigenvalue weighted by Gasteiger charge is -2.37. The Kier molecular flexibility index (Phi) is 5.06. The lowest BCUT2D eigenvalue weighted by atomic mass is 9.63. The van der Waals surface area contributed by atoms with Gasteiger partial charge in [-0.15, -0.1) is 0 Å². The molecule has 2 bridgehead atoms. The van der Waals surface area contributed by atoms with Gasteiger partial charge in [0.25, 0.3) is 11.8 Å². The van der Waals surface area contributed by atoms with Crippen LogP contribution in [0.5, 0.6) is 11.5 Å². The summed E-state index contributed by atoms with van der Waals surface area (Å²) >= 11 is 0. The first-order chi connectivity index (χ1) is 15.2. The van der Waals surface area contributed by atoms with Crippen molar-refractivity contribution in [3.8, 4) is 11.5 Å². The normalized spacial score (nSPS) is 26.5. The van der Waals surface area contributed by atoms with E-state index in [4.69, 9.17) is 9.47 Å². The Bertz CT molecular complexity index is 1030. The van der Waals surface area contributed by atoms with Crippen molar-refractivity contribution in [1.29, 1.82) is 0 Å². The number of hydrazone groups is 1. The van der Waals surface area contributed by atoms with E-state index in [9.17, 15) is 9.59 Å². The Hall–Kier alpha value is -3.41. The number of hydrogen-bond donors (Lipinski definition) is 0. The maximum Gasteiger partial charge on any atom is 0.254 e. The zero-order valence-electron chi connectivity index (χ0n) is 17.3. The van der Waals surface area contributed by atoms with Crippen LogP contribution in [0, 0.1) is 23.7 Å². The number of benzene rings is 2. The SMILES string of the molecule is COc1cc(/C=N\N2C(=O)[C@H]3[C@H](C2=O)[C@@H]2C=C[C@@H]3CC2)ccc1OCc1ccccc1. The third-order valence-electron chi connectivity index (χ3n) is 6.48. The number of ether oxygens (including phenoxy) is 2. The van der Waals surface area contributed by atoms with Crippen LogP contribution in [-0.4, -0.2) is 30.1 Å². The van der Waals surface area contributed by atoms with Gasteiger partial charge in [0.15, 0.2) is 11.5 Å². The van der Waals surface area contributed by atoms with Crippen molar-refractivity contribution in [1.82, 2.24) is 5.01 Å². The maximum absolute atomic E-state index is 12.9. The molecule has 4 aliphatic rings. The molecule has 1 saturated heterocycles. The first-order valence-corrected chi connectivity index (χ1v) is 10.6. The van der Waals surface area contributed by atoms with Gasteiger partial charge in [0.05, 0.1) is 25.2 Å². The Morgan fingerprint density at radius 2 is 1.65 bits per heavy atom. The van der Waals surface area contributed by atoms with Crippen molar-refractivity contribution >= 4 is 18.0 Å². The smallest absolute Gasteiger partial charge is 0.254 e. The van der Waals surface area contributed by atoms with Crippen molar-refractivity contribution in [3.05, 3.63) is 71.8 Å². The lowest BCUT2D eigenvalue weighted by Crippen LogP contribution is -2.38. The Morgan fingerprint density at radius 1 is 0.968 bits per heavy atom. The second-order valence-corrected chi connectivity index (χ2v) is 8.26. The Labute approximate surface area is 181 Å². The molecular formula is C25H24N2O4. The van der Waals surface area contributed by atoms with Gasteiger partial charge in [-0.2, -0.15) is 10.1 Å². The molecule has 158 valence electrons.